The van der Waals surface area contributed by atoms with Crippen molar-refractivity contribution in [1.82, 2.24) is 9.97 Å². The van der Waals surface area contributed by atoms with Crippen LogP contribution in [0.4, 0.5) is 14.6 Å². The Morgan fingerprint density at radius 2 is 1.54 bits per heavy atom. The van der Waals surface area contributed by atoms with Gasteiger partial charge in [-0.25, -0.2) is 18.7 Å². The van der Waals surface area contributed by atoms with Crippen LogP contribution in [-0.2, 0) is 0 Å². The molecule has 0 amide bonds. The van der Waals surface area contributed by atoms with E-state index >= 15 is 0 Å². The third kappa shape index (κ3) is 3.02. The van der Waals surface area contributed by atoms with Crippen LogP contribution in [0, 0.1) is 23.5 Å². The van der Waals surface area contributed by atoms with Crippen LogP contribution in [0.15, 0.2) is 42.5 Å². The van der Waals surface area contributed by atoms with Crippen LogP contribution in [0.25, 0.3) is 22.3 Å². The lowest BCUT2D eigenvalue weighted by Gasteiger charge is -2.36. The highest BCUT2D eigenvalue weighted by molar-refractivity contribution is 5.91. The fraction of sp³-hybridized carbons (Fsp3) is 0.333. The zero-order valence-electron chi connectivity index (χ0n) is 14.9. The van der Waals surface area contributed by atoms with Gasteiger partial charge < -0.3 is 4.90 Å². The van der Waals surface area contributed by atoms with Gasteiger partial charge in [0.05, 0.1) is 11.1 Å². The topological polar surface area (TPSA) is 29.0 Å². The van der Waals surface area contributed by atoms with E-state index < -0.39 is 11.6 Å². The van der Waals surface area contributed by atoms with Gasteiger partial charge in [-0.15, -0.1) is 0 Å². The molecule has 3 nitrogen and oxygen atoms in total. The number of piperidine rings is 1. The number of hydrogen-bond acceptors (Lipinski definition) is 3. The first-order chi connectivity index (χ1) is 12.5. The lowest BCUT2D eigenvalue weighted by atomic mass is 9.92. The summed E-state index contributed by atoms with van der Waals surface area (Å²) in [7, 11) is 0. The number of anilines is 1. The van der Waals surface area contributed by atoms with Crippen molar-refractivity contribution in [2.24, 2.45) is 11.8 Å². The van der Waals surface area contributed by atoms with E-state index in [1.165, 1.54) is 24.6 Å². The summed E-state index contributed by atoms with van der Waals surface area (Å²) in [6.07, 6.45) is 1.17. The molecule has 2 atom stereocenters. The average molecular weight is 353 g/mol. The second-order valence-electron chi connectivity index (χ2n) is 7.34. The van der Waals surface area contributed by atoms with Gasteiger partial charge in [-0.05, 0) is 42.5 Å². The largest absolute Gasteiger partial charge is 0.355 e. The van der Waals surface area contributed by atoms with Crippen molar-refractivity contribution in [2.75, 3.05) is 18.0 Å². The van der Waals surface area contributed by atoms with Crippen molar-refractivity contribution in [1.29, 1.82) is 0 Å². The predicted molar refractivity (Wildman–Crippen MR) is 100 cm³/mol. The Morgan fingerprint density at radius 1 is 0.885 bits per heavy atom. The molecular weight excluding hydrogens is 332 g/mol. The molecule has 1 aromatic heterocycles. The molecule has 5 heteroatoms. The maximum atomic E-state index is 14.3. The molecule has 3 aromatic rings. The monoisotopic (exact) mass is 353 g/mol. The second-order valence-corrected chi connectivity index (χ2v) is 7.34. The first kappa shape index (κ1) is 16.9. The normalized spacial score (nSPS) is 20.5. The standard InChI is InChI=1S/C21H21F2N3/c1-13-10-14(2)12-26(11-13)21-15-6-3-4-9-18(15)24-20(25-21)19-16(22)7-5-8-17(19)23/h3-9,13-14H,10-12H2,1-2H3. The summed E-state index contributed by atoms with van der Waals surface area (Å²) < 4.78 is 28.6. The SMILES string of the molecule is CC1CC(C)CN(c2nc(-c3c(F)cccc3F)nc3ccccc23)C1. The molecule has 1 saturated heterocycles. The molecule has 26 heavy (non-hydrogen) atoms. The molecule has 1 aliphatic heterocycles. The maximum Gasteiger partial charge on any atom is 0.168 e. The summed E-state index contributed by atoms with van der Waals surface area (Å²) in [6, 6.07) is 11.5. The second kappa shape index (κ2) is 6.63. The first-order valence-corrected chi connectivity index (χ1v) is 8.99. The summed E-state index contributed by atoms with van der Waals surface area (Å²) in [4.78, 5) is 11.3. The van der Waals surface area contributed by atoms with E-state index in [-0.39, 0.29) is 11.4 Å². The zero-order valence-corrected chi connectivity index (χ0v) is 14.9. The van der Waals surface area contributed by atoms with Gasteiger partial charge in [0.15, 0.2) is 5.82 Å². The average Bonchev–Trinajstić information content (AvgIpc) is 2.60. The van der Waals surface area contributed by atoms with E-state index in [1.807, 2.05) is 24.3 Å². The van der Waals surface area contributed by atoms with Gasteiger partial charge >= 0.3 is 0 Å². The van der Waals surface area contributed by atoms with Crippen LogP contribution in [0.2, 0.25) is 0 Å². The number of nitrogens with zero attached hydrogens (tertiary/aromatic N) is 3. The molecule has 0 spiro atoms. The molecule has 0 N–H and O–H groups in total. The fourth-order valence-electron chi connectivity index (χ4n) is 3.96. The molecular formula is C21H21F2N3. The summed E-state index contributed by atoms with van der Waals surface area (Å²) in [5.41, 5.74) is 0.527. The number of aromatic nitrogens is 2. The Balaban J connectivity index is 1.92. The molecule has 134 valence electrons. The van der Waals surface area contributed by atoms with Crippen LogP contribution < -0.4 is 4.90 Å². The van der Waals surface area contributed by atoms with Crippen LogP contribution in [0.3, 0.4) is 0 Å². The van der Waals surface area contributed by atoms with Gasteiger partial charge in [-0.1, -0.05) is 32.0 Å². The quantitative estimate of drug-likeness (QED) is 0.645. The third-order valence-electron chi connectivity index (χ3n) is 4.94. The fourth-order valence-corrected chi connectivity index (χ4v) is 3.96. The minimum absolute atomic E-state index is 0.0974. The number of fused-ring (bicyclic) bond motifs is 1. The van der Waals surface area contributed by atoms with Crippen molar-refractivity contribution in [3.63, 3.8) is 0 Å². The van der Waals surface area contributed by atoms with Crippen molar-refractivity contribution >= 4 is 16.7 Å². The molecule has 0 radical (unpaired) electrons. The van der Waals surface area contributed by atoms with Crippen molar-refractivity contribution in [3.8, 4) is 11.4 Å². The summed E-state index contributed by atoms with van der Waals surface area (Å²) >= 11 is 0. The van der Waals surface area contributed by atoms with Crippen molar-refractivity contribution < 1.29 is 8.78 Å². The summed E-state index contributed by atoms with van der Waals surface area (Å²) in [5, 5.41) is 0.911. The Kier molecular flexibility index (Phi) is 4.31. The van der Waals surface area contributed by atoms with Gasteiger partial charge in [0.25, 0.3) is 0 Å². The van der Waals surface area contributed by atoms with E-state index in [0.29, 0.717) is 17.4 Å². The lowest BCUT2D eigenvalue weighted by molar-refractivity contribution is 0.356. The Morgan fingerprint density at radius 3 is 2.23 bits per heavy atom. The maximum absolute atomic E-state index is 14.3. The first-order valence-electron chi connectivity index (χ1n) is 8.99. The van der Waals surface area contributed by atoms with E-state index in [9.17, 15) is 8.78 Å². The highest BCUT2D eigenvalue weighted by atomic mass is 19.1. The number of halogens is 2. The van der Waals surface area contributed by atoms with Gasteiger partial charge in [0.2, 0.25) is 0 Å². The highest BCUT2D eigenvalue weighted by Crippen LogP contribution is 2.33. The molecule has 0 saturated carbocycles. The van der Waals surface area contributed by atoms with E-state index in [4.69, 9.17) is 0 Å². The van der Waals surface area contributed by atoms with E-state index in [1.54, 1.807) is 0 Å². The van der Waals surface area contributed by atoms with Crippen molar-refractivity contribution in [3.05, 3.63) is 54.1 Å². The van der Waals surface area contributed by atoms with Crippen LogP contribution >= 0.6 is 0 Å². The van der Waals surface area contributed by atoms with Gasteiger partial charge in [0, 0.05) is 18.5 Å². The molecule has 0 bridgehead atoms. The Labute approximate surface area is 151 Å². The molecule has 2 heterocycles. The Bertz CT molecular complexity index is 927. The van der Waals surface area contributed by atoms with Gasteiger partial charge in [0.1, 0.15) is 17.5 Å². The predicted octanol–water partition coefficient (Wildman–Crippen LogP) is 5.06. The Hall–Kier alpha value is -2.56. The summed E-state index contributed by atoms with van der Waals surface area (Å²) in [6.45, 7) is 6.21. The van der Waals surface area contributed by atoms with Crippen LogP contribution in [-0.4, -0.2) is 23.1 Å². The van der Waals surface area contributed by atoms with E-state index in [0.717, 1.165) is 24.3 Å². The minimum atomic E-state index is -0.647. The highest BCUT2D eigenvalue weighted by Gasteiger charge is 2.25. The summed E-state index contributed by atoms with van der Waals surface area (Å²) in [5.74, 6) is 0.646. The smallest absolute Gasteiger partial charge is 0.168 e. The van der Waals surface area contributed by atoms with Gasteiger partial charge in [-0.2, -0.15) is 0 Å². The van der Waals surface area contributed by atoms with Crippen LogP contribution in [0.1, 0.15) is 20.3 Å². The molecule has 0 aliphatic carbocycles. The number of rotatable bonds is 2. The lowest BCUT2D eigenvalue weighted by Crippen LogP contribution is -2.39. The zero-order chi connectivity index (χ0) is 18.3. The van der Waals surface area contributed by atoms with Gasteiger partial charge in [-0.3, -0.25) is 0 Å². The molecule has 4 rings (SSSR count). The molecule has 2 aromatic carbocycles. The molecule has 1 fully saturated rings. The number of para-hydroxylation sites is 1. The van der Waals surface area contributed by atoms with Crippen molar-refractivity contribution in [2.45, 2.75) is 20.3 Å². The molecule has 2 unspecified atom stereocenters. The van der Waals surface area contributed by atoms with Crippen LogP contribution in [0.5, 0.6) is 0 Å². The number of benzene rings is 2. The number of hydrogen-bond donors (Lipinski definition) is 0. The minimum Gasteiger partial charge on any atom is -0.355 e. The molecule has 1 aliphatic rings. The van der Waals surface area contributed by atoms with E-state index in [2.05, 4.69) is 28.7 Å². The third-order valence-corrected chi connectivity index (χ3v) is 4.94.